The lowest BCUT2D eigenvalue weighted by molar-refractivity contribution is -0.116. The summed E-state index contributed by atoms with van der Waals surface area (Å²) in [5.41, 5.74) is 6.61. The Kier molecular flexibility index (Phi) is 5.35. The van der Waals surface area contributed by atoms with E-state index in [9.17, 15) is 4.79 Å². The van der Waals surface area contributed by atoms with E-state index in [1.54, 1.807) is 6.92 Å². The molecule has 7 heteroatoms. The van der Waals surface area contributed by atoms with Gasteiger partial charge in [-0.05, 0) is 71.7 Å². The number of hydrogen-bond acceptors (Lipinski definition) is 4. The fourth-order valence-corrected chi connectivity index (χ4v) is 4.93. The number of anilines is 1. The van der Waals surface area contributed by atoms with Gasteiger partial charge >= 0.3 is 0 Å². The summed E-state index contributed by atoms with van der Waals surface area (Å²) < 4.78 is 3.26. The van der Waals surface area contributed by atoms with Gasteiger partial charge in [0.15, 0.2) is 0 Å². The maximum absolute atomic E-state index is 11.9. The molecular weight excluding hydrogens is 442 g/mol. The summed E-state index contributed by atoms with van der Waals surface area (Å²) in [4.78, 5) is 21.3. The second kappa shape index (κ2) is 8.13. The number of carbonyl (C=O) groups excluding carboxylic acids is 1. The highest BCUT2D eigenvalue weighted by atomic mass is 79.9. The predicted molar refractivity (Wildman–Crippen MR) is 123 cm³/mol. The molecule has 156 valence electrons. The van der Waals surface area contributed by atoms with E-state index < -0.39 is 0 Å². The van der Waals surface area contributed by atoms with Crippen molar-refractivity contribution in [1.82, 2.24) is 19.6 Å². The number of hydrogen-bond donors (Lipinski definition) is 1. The minimum absolute atomic E-state index is 0.106. The molecule has 0 unspecified atom stereocenters. The first-order chi connectivity index (χ1) is 14.6. The molecule has 1 saturated heterocycles. The zero-order valence-electron chi connectivity index (χ0n) is 17.2. The van der Waals surface area contributed by atoms with Crippen LogP contribution in [0, 0.1) is 0 Å². The Bertz CT molecular complexity index is 1100. The molecule has 4 heterocycles. The summed E-state index contributed by atoms with van der Waals surface area (Å²) in [7, 11) is 0. The van der Waals surface area contributed by atoms with Crippen molar-refractivity contribution in [3.05, 3.63) is 52.3 Å². The molecule has 1 amide bonds. The van der Waals surface area contributed by atoms with Gasteiger partial charge in [-0.1, -0.05) is 6.07 Å². The van der Waals surface area contributed by atoms with Gasteiger partial charge in [-0.3, -0.25) is 9.69 Å². The lowest BCUT2D eigenvalue weighted by Crippen LogP contribution is -2.28. The van der Waals surface area contributed by atoms with Crippen LogP contribution in [0.25, 0.3) is 16.9 Å². The number of halogens is 1. The second-order valence-corrected chi connectivity index (χ2v) is 9.04. The van der Waals surface area contributed by atoms with Crippen LogP contribution in [0.2, 0.25) is 0 Å². The largest absolute Gasteiger partial charge is 0.315 e. The Morgan fingerprint density at radius 2 is 2.07 bits per heavy atom. The lowest BCUT2D eigenvalue weighted by atomic mass is 10.0. The van der Waals surface area contributed by atoms with Gasteiger partial charge in [-0.15, -0.1) is 0 Å². The third kappa shape index (κ3) is 3.66. The van der Waals surface area contributed by atoms with Crippen molar-refractivity contribution in [2.75, 3.05) is 37.6 Å². The quantitative estimate of drug-likeness (QED) is 0.640. The fraction of sp³-hybridized carbons (Fsp3) is 0.391. The Morgan fingerprint density at radius 1 is 1.17 bits per heavy atom. The van der Waals surface area contributed by atoms with Crippen LogP contribution in [0.3, 0.4) is 0 Å². The number of carbonyl (C=O) groups is 1. The Morgan fingerprint density at radius 3 is 2.93 bits per heavy atom. The normalized spacial score (nSPS) is 17.3. The molecule has 0 saturated carbocycles. The molecular formula is C23H26BrN5O. The molecule has 0 atom stereocenters. The van der Waals surface area contributed by atoms with Crippen LogP contribution in [0.1, 0.15) is 24.6 Å². The van der Waals surface area contributed by atoms with Crippen molar-refractivity contribution in [3.63, 3.8) is 0 Å². The second-order valence-electron chi connectivity index (χ2n) is 8.13. The van der Waals surface area contributed by atoms with Gasteiger partial charge in [0.05, 0.1) is 11.4 Å². The first-order valence-corrected chi connectivity index (χ1v) is 11.4. The number of pyridine rings is 1. The third-order valence-corrected chi connectivity index (χ3v) is 6.59. The summed E-state index contributed by atoms with van der Waals surface area (Å²) in [6, 6.07) is 10.5. The zero-order valence-corrected chi connectivity index (χ0v) is 18.8. The Hall–Kier alpha value is -2.22. The van der Waals surface area contributed by atoms with E-state index in [-0.39, 0.29) is 5.91 Å². The first kappa shape index (κ1) is 19.7. The number of aromatic nitrogens is 2. The molecule has 2 aliphatic rings. The molecule has 1 aromatic carbocycles. The van der Waals surface area contributed by atoms with Gasteiger partial charge < -0.3 is 14.6 Å². The number of amides is 1. The average Bonchev–Trinajstić information content (AvgIpc) is 3.20. The van der Waals surface area contributed by atoms with Crippen LogP contribution in [0.15, 0.2) is 41.0 Å². The van der Waals surface area contributed by atoms with E-state index in [1.165, 1.54) is 11.3 Å². The van der Waals surface area contributed by atoms with E-state index in [0.29, 0.717) is 0 Å². The van der Waals surface area contributed by atoms with E-state index in [1.807, 2.05) is 11.0 Å². The molecule has 0 radical (unpaired) electrons. The first-order valence-electron chi connectivity index (χ1n) is 10.6. The molecule has 2 aliphatic heterocycles. The fourth-order valence-electron chi connectivity index (χ4n) is 4.60. The van der Waals surface area contributed by atoms with Crippen LogP contribution in [-0.4, -0.2) is 52.9 Å². The van der Waals surface area contributed by atoms with Crippen molar-refractivity contribution in [3.8, 4) is 11.3 Å². The smallest absolute Gasteiger partial charge is 0.223 e. The molecule has 1 fully saturated rings. The monoisotopic (exact) mass is 467 g/mol. The summed E-state index contributed by atoms with van der Waals surface area (Å²) >= 11 is 3.62. The molecule has 0 aliphatic carbocycles. The Balaban J connectivity index is 1.58. The minimum Gasteiger partial charge on any atom is -0.315 e. The number of imidazole rings is 1. The number of nitrogens with one attached hydrogen (secondary N) is 1. The van der Waals surface area contributed by atoms with Gasteiger partial charge in [0.2, 0.25) is 5.91 Å². The predicted octanol–water partition coefficient (Wildman–Crippen LogP) is 3.47. The number of benzene rings is 1. The summed E-state index contributed by atoms with van der Waals surface area (Å²) in [5, 5.41) is 3.49. The average molecular weight is 468 g/mol. The van der Waals surface area contributed by atoms with E-state index in [4.69, 9.17) is 4.98 Å². The SMILES string of the molecule is CC(=O)N1CCc2cc(-c3nc4ccc(Br)cn4c3CN3CCCNCC3)ccc21. The van der Waals surface area contributed by atoms with Gasteiger partial charge in [0, 0.05) is 55.0 Å². The maximum atomic E-state index is 11.9. The van der Waals surface area contributed by atoms with Crippen LogP contribution in [0.5, 0.6) is 0 Å². The van der Waals surface area contributed by atoms with Gasteiger partial charge in [0.1, 0.15) is 5.65 Å². The topological polar surface area (TPSA) is 52.9 Å². The van der Waals surface area contributed by atoms with Crippen molar-refractivity contribution in [2.24, 2.45) is 0 Å². The van der Waals surface area contributed by atoms with Crippen LogP contribution < -0.4 is 10.2 Å². The highest BCUT2D eigenvalue weighted by Gasteiger charge is 2.24. The van der Waals surface area contributed by atoms with Crippen LogP contribution in [0.4, 0.5) is 5.69 Å². The zero-order chi connectivity index (χ0) is 20.7. The van der Waals surface area contributed by atoms with E-state index in [2.05, 4.69) is 61.0 Å². The van der Waals surface area contributed by atoms with E-state index in [0.717, 1.165) is 79.2 Å². The maximum Gasteiger partial charge on any atom is 0.223 e. The summed E-state index contributed by atoms with van der Waals surface area (Å²) in [5.74, 6) is 0.106. The number of fused-ring (bicyclic) bond motifs is 2. The Labute approximate surface area is 185 Å². The van der Waals surface area contributed by atoms with Crippen molar-refractivity contribution in [1.29, 1.82) is 0 Å². The summed E-state index contributed by atoms with van der Waals surface area (Å²) in [6.45, 7) is 7.50. The standard InChI is InChI=1S/C23H26BrN5O/c1-16(30)28-11-7-17-13-18(3-5-20(17)28)23-21(15-27-10-2-8-25-9-12-27)29-14-19(24)4-6-22(29)26-23/h3-6,13-14,25H,2,7-12,15H2,1H3. The molecule has 5 rings (SSSR count). The highest BCUT2D eigenvalue weighted by molar-refractivity contribution is 9.10. The molecule has 30 heavy (non-hydrogen) atoms. The van der Waals surface area contributed by atoms with Crippen LogP contribution >= 0.6 is 15.9 Å². The van der Waals surface area contributed by atoms with Gasteiger partial charge in [-0.2, -0.15) is 0 Å². The van der Waals surface area contributed by atoms with Crippen molar-refractivity contribution >= 4 is 33.2 Å². The molecule has 2 aromatic heterocycles. The van der Waals surface area contributed by atoms with Crippen molar-refractivity contribution in [2.45, 2.75) is 26.3 Å². The molecule has 1 N–H and O–H groups in total. The minimum atomic E-state index is 0.106. The van der Waals surface area contributed by atoms with Gasteiger partial charge in [0.25, 0.3) is 0 Å². The number of nitrogens with zero attached hydrogens (tertiary/aromatic N) is 4. The van der Waals surface area contributed by atoms with Crippen molar-refractivity contribution < 1.29 is 4.79 Å². The van der Waals surface area contributed by atoms with Crippen LogP contribution in [-0.2, 0) is 17.8 Å². The molecule has 0 bridgehead atoms. The molecule has 6 nitrogen and oxygen atoms in total. The van der Waals surface area contributed by atoms with Gasteiger partial charge in [-0.25, -0.2) is 4.98 Å². The molecule has 0 spiro atoms. The highest BCUT2D eigenvalue weighted by Crippen LogP contribution is 2.34. The number of rotatable bonds is 3. The van der Waals surface area contributed by atoms with E-state index >= 15 is 0 Å². The molecule has 3 aromatic rings. The summed E-state index contributed by atoms with van der Waals surface area (Å²) in [6.07, 6.45) is 4.17. The third-order valence-electron chi connectivity index (χ3n) is 6.12. The lowest BCUT2D eigenvalue weighted by Gasteiger charge is -2.20.